The van der Waals surface area contributed by atoms with Crippen LogP contribution in [0.2, 0.25) is 0 Å². The van der Waals surface area contributed by atoms with Crippen molar-refractivity contribution in [1.82, 2.24) is 4.98 Å². The fourth-order valence-electron chi connectivity index (χ4n) is 1.67. The maximum Gasteiger partial charge on any atom is 0.253 e. The molecular formula is C11H16F3N3. The van der Waals surface area contributed by atoms with Gasteiger partial charge in [-0.15, -0.1) is 0 Å². The quantitative estimate of drug-likeness (QED) is 0.804. The summed E-state index contributed by atoms with van der Waals surface area (Å²) in [6.45, 7) is 5.71. The van der Waals surface area contributed by atoms with Gasteiger partial charge in [0.2, 0.25) is 5.82 Å². The van der Waals surface area contributed by atoms with Gasteiger partial charge in [-0.2, -0.15) is 13.8 Å². The van der Waals surface area contributed by atoms with Crippen molar-refractivity contribution < 1.29 is 13.2 Å². The highest BCUT2D eigenvalue weighted by molar-refractivity contribution is 5.53. The summed E-state index contributed by atoms with van der Waals surface area (Å²) < 4.78 is 39.8. The molecule has 0 unspecified atom stereocenters. The summed E-state index contributed by atoms with van der Waals surface area (Å²) in [7, 11) is 0. The first kappa shape index (κ1) is 13.6. The van der Waals surface area contributed by atoms with Crippen molar-refractivity contribution in [3.63, 3.8) is 0 Å². The van der Waals surface area contributed by atoms with Crippen LogP contribution in [0.3, 0.4) is 0 Å². The lowest BCUT2D eigenvalue weighted by Crippen LogP contribution is -2.20. The number of hydrogen-bond donors (Lipinski definition) is 2. The van der Waals surface area contributed by atoms with Gasteiger partial charge in [0.25, 0.3) is 5.95 Å². The van der Waals surface area contributed by atoms with Crippen molar-refractivity contribution in [2.75, 3.05) is 11.1 Å². The molecule has 1 aromatic rings. The van der Waals surface area contributed by atoms with Gasteiger partial charge in [-0.1, -0.05) is 13.8 Å². The molecule has 0 fully saturated rings. The number of halogens is 3. The predicted octanol–water partition coefficient (Wildman–Crippen LogP) is 2.93. The van der Waals surface area contributed by atoms with Gasteiger partial charge in [-0.3, -0.25) is 0 Å². The van der Waals surface area contributed by atoms with E-state index in [0.717, 1.165) is 0 Å². The zero-order valence-electron chi connectivity index (χ0n) is 10.0. The molecule has 6 heteroatoms. The topological polar surface area (TPSA) is 50.9 Å². The van der Waals surface area contributed by atoms with Gasteiger partial charge < -0.3 is 11.1 Å². The second kappa shape index (κ2) is 5.25. The van der Waals surface area contributed by atoms with E-state index in [4.69, 9.17) is 5.73 Å². The summed E-state index contributed by atoms with van der Waals surface area (Å²) in [5.41, 5.74) is 4.58. The Morgan fingerprint density at radius 3 is 2.29 bits per heavy atom. The second-order valence-corrected chi connectivity index (χ2v) is 4.47. The Bertz CT molecular complexity index is 381. The summed E-state index contributed by atoms with van der Waals surface area (Å²) in [5.74, 6) is -4.09. The van der Waals surface area contributed by atoms with Gasteiger partial charge in [-0.05, 0) is 19.3 Å². The second-order valence-electron chi connectivity index (χ2n) is 4.47. The monoisotopic (exact) mass is 247 g/mol. The summed E-state index contributed by atoms with van der Waals surface area (Å²) in [6.07, 6.45) is 0.697. The fourth-order valence-corrected chi connectivity index (χ4v) is 1.67. The number of aromatic nitrogens is 1. The molecule has 17 heavy (non-hydrogen) atoms. The Hall–Kier alpha value is -1.46. The molecule has 3 N–H and O–H groups in total. The van der Waals surface area contributed by atoms with Crippen LogP contribution >= 0.6 is 0 Å². The highest BCUT2D eigenvalue weighted by atomic mass is 19.2. The molecule has 1 atom stereocenters. The van der Waals surface area contributed by atoms with E-state index < -0.39 is 29.1 Å². The molecule has 1 rings (SSSR count). The van der Waals surface area contributed by atoms with Crippen LogP contribution in [0.1, 0.15) is 27.2 Å². The smallest absolute Gasteiger partial charge is 0.253 e. The SMILES string of the molecule is CC(C)C[C@H](C)Nc1c(F)c(N)nc(F)c1F. The zero-order valence-corrected chi connectivity index (χ0v) is 10.0. The Kier molecular flexibility index (Phi) is 4.20. The molecule has 0 aliphatic rings. The van der Waals surface area contributed by atoms with Gasteiger partial charge in [0.15, 0.2) is 11.6 Å². The highest BCUT2D eigenvalue weighted by Gasteiger charge is 2.20. The number of nitrogen functional groups attached to an aromatic ring is 1. The summed E-state index contributed by atoms with van der Waals surface area (Å²) in [6, 6.07) is -0.194. The fraction of sp³-hybridized carbons (Fsp3) is 0.545. The Morgan fingerprint density at radius 2 is 1.76 bits per heavy atom. The van der Waals surface area contributed by atoms with Crippen LogP contribution in [-0.4, -0.2) is 11.0 Å². The number of anilines is 2. The Labute approximate surface area is 98.2 Å². The van der Waals surface area contributed by atoms with Crippen LogP contribution in [-0.2, 0) is 0 Å². The molecular weight excluding hydrogens is 231 g/mol. The van der Waals surface area contributed by atoms with E-state index in [0.29, 0.717) is 12.3 Å². The molecule has 1 aromatic heterocycles. The molecule has 0 spiro atoms. The number of hydrogen-bond acceptors (Lipinski definition) is 3. The first-order chi connectivity index (χ1) is 7.82. The molecule has 0 aliphatic carbocycles. The lowest BCUT2D eigenvalue weighted by molar-refractivity contribution is 0.466. The molecule has 3 nitrogen and oxygen atoms in total. The lowest BCUT2D eigenvalue weighted by Gasteiger charge is -2.18. The van der Waals surface area contributed by atoms with Crippen molar-refractivity contribution in [2.24, 2.45) is 5.92 Å². The number of rotatable bonds is 4. The van der Waals surface area contributed by atoms with E-state index in [1.165, 1.54) is 0 Å². The van der Waals surface area contributed by atoms with E-state index in [-0.39, 0.29) is 6.04 Å². The van der Waals surface area contributed by atoms with Crippen LogP contribution in [0.15, 0.2) is 0 Å². The average molecular weight is 247 g/mol. The maximum atomic E-state index is 13.5. The average Bonchev–Trinajstić information content (AvgIpc) is 2.20. The minimum absolute atomic E-state index is 0.194. The first-order valence-corrected chi connectivity index (χ1v) is 5.39. The van der Waals surface area contributed by atoms with E-state index in [2.05, 4.69) is 10.3 Å². The number of nitrogens with two attached hydrogens (primary N) is 1. The van der Waals surface area contributed by atoms with Crippen LogP contribution in [0, 0.1) is 23.5 Å². The predicted molar refractivity (Wildman–Crippen MR) is 61.1 cm³/mol. The Morgan fingerprint density at radius 1 is 1.18 bits per heavy atom. The van der Waals surface area contributed by atoms with E-state index >= 15 is 0 Å². The third kappa shape index (κ3) is 3.25. The third-order valence-electron chi connectivity index (χ3n) is 2.28. The summed E-state index contributed by atoms with van der Waals surface area (Å²) in [5, 5.41) is 2.58. The van der Waals surface area contributed by atoms with Crippen molar-refractivity contribution in [2.45, 2.75) is 33.2 Å². The first-order valence-electron chi connectivity index (χ1n) is 5.39. The van der Waals surface area contributed by atoms with E-state index in [1.54, 1.807) is 6.92 Å². The van der Waals surface area contributed by atoms with Gasteiger partial charge in [0.1, 0.15) is 5.69 Å². The summed E-state index contributed by atoms with van der Waals surface area (Å²) >= 11 is 0. The summed E-state index contributed by atoms with van der Waals surface area (Å²) in [4.78, 5) is 2.92. The third-order valence-corrected chi connectivity index (χ3v) is 2.28. The van der Waals surface area contributed by atoms with Crippen LogP contribution in [0.5, 0.6) is 0 Å². The van der Waals surface area contributed by atoms with E-state index in [1.807, 2.05) is 13.8 Å². The zero-order chi connectivity index (χ0) is 13.2. The standard InChI is InChI=1S/C11H16F3N3/c1-5(2)4-6(3)16-9-7(12)10(14)17-11(15)8(9)13/h5-6H,4H2,1-3H3,(H3,15,16,17)/t6-/m0/s1. The van der Waals surface area contributed by atoms with Gasteiger partial charge in [0.05, 0.1) is 0 Å². The van der Waals surface area contributed by atoms with Gasteiger partial charge in [0, 0.05) is 6.04 Å². The molecule has 0 amide bonds. The number of nitrogens with one attached hydrogen (secondary N) is 1. The number of nitrogens with zero attached hydrogens (tertiary/aromatic N) is 1. The largest absolute Gasteiger partial charge is 0.381 e. The van der Waals surface area contributed by atoms with Crippen molar-refractivity contribution in [3.05, 3.63) is 17.6 Å². The van der Waals surface area contributed by atoms with Gasteiger partial charge in [-0.25, -0.2) is 4.39 Å². The molecule has 0 aliphatic heterocycles. The molecule has 96 valence electrons. The van der Waals surface area contributed by atoms with Gasteiger partial charge >= 0.3 is 0 Å². The normalized spacial score (nSPS) is 12.9. The van der Waals surface area contributed by atoms with Crippen molar-refractivity contribution >= 4 is 11.5 Å². The van der Waals surface area contributed by atoms with Crippen molar-refractivity contribution in [3.8, 4) is 0 Å². The molecule has 0 saturated heterocycles. The van der Waals surface area contributed by atoms with E-state index in [9.17, 15) is 13.2 Å². The molecule has 1 heterocycles. The lowest BCUT2D eigenvalue weighted by atomic mass is 10.1. The molecule has 0 aromatic carbocycles. The van der Waals surface area contributed by atoms with Crippen LogP contribution in [0.4, 0.5) is 24.7 Å². The molecule has 0 saturated carbocycles. The van der Waals surface area contributed by atoms with Crippen LogP contribution < -0.4 is 11.1 Å². The minimum atomic E-state index is -1.40. The maximum absolute atomic E-state index is 13.5. The molecule has 0 bridgehead atoms. The van der Waals surface area contributed by atoms with Crippen LogP contribution in [0.25, 0.3) is 0 Å². The minimum Gasteiger partial charge on any atom is -0.381 e. The number of pyridine rings is 1. The molecule has 0 radical (unpaired) electrons. The Balaban J connectivity index is 2.97. The van der Waals surface area contributed by atoms with Crippen molar-refractivity contribution in [1.29, 1.82) is 0 Å². The highest BCUT2D eigenvalue weighted by Crippen LogP contribution is 2.25.